The van der Waals surface area contributed by atoms with E-state index in [9.17, 15) is 0 Å². The number of nitrogens with one attached hydrogen (secondary N) is 1. The molecule has 1 heterocycles. The SMILES string of the molecule is CCC(COC)Nc1nc2ccccc2cc1C. The van der Waals surface area contributed by atoms with Crippen LogP contribution in [0.4, 0.5) is 5.82 Å². The van der Waals surface area contributed by atoms with Gasteiger partial charge in [-0.1, -0.05) is 25.1 Å². The molecule has 18 heavy (non-hydrogen) atoms. The van der Waals surface area contributed by atoms with Crippen LogP contribution in [0.2, 0.25) is 0 Å². The van der Waals surface area contributed by atoms with E-state index in [0.717, 1.165) is 17.8 Å². The van der Waals surface area contributed by atoms with E-state index in [2.05, 4.69) is 36.3 Å². The Hall–Kier alpha value is -1.61. The van der Waals surface area contributed by atoms with Crippen LogP contribution in [0.1, 0.15) is 18.9 Å². The number of hydrogen-bond acceptors (Lipinski definition) is 3. The van der Waals surface area contributed by atoms with Gasteiger partial charge in [0.2, 0.25) is 0 Å². The second kappa shape index (κ2) is 5.83. The molecule has 2 aromatic rings. The number of aryl methyl sites for hydroxylation is 1. The Labute approximate surface area is 108 Å². The van der Waals surface area contributed by atoms with Crippen LogP contribution in [-0.4, -0.2) is 24.7 Å². The standard InChI is InChI=1S/C15H20N2O/c1-4-13(10-18-3)16-15-11(2)9-12-7-5-6-8-14(12)17-15/h5-9,13H,4,10H2,1-3H3,(H,16,17). The van der Waals surface area contributed by atoms with Crippen molar-refractivity contribution in [2.45, 2.75) is 26.3 Å². The molecule has 96 valence electrons. The Morgan fingerprint density at radius 3 is 2.83 bits per heavy atom. The number of methoxy groups -OCH3 is 1. The van der Waals surface area contributed by atoms with Crippen LogP contribution < -0.4 is 5.32 Å². The molecule has 1 atom stereocenters. The molecule has 0 fully saturated rings. The molecule has 0 amide bonds. The van der Waals surface area contributed by atoms with Gasteiger partial charge in [-0.2, -0.15) is 0 Å². The average Bonchev–Trinajstić information content (AvgIpc) is 2.39. The highest BCUT2D eigenvalue weighted by atomic mass is 16.5. The first-order chi connectivity index (χ1) is 8.74. The van der Waals surface area contributed by atoms with Gasteiger partial charge < -0.3 is 10.1 Å². The summed E-state index contributed by atoms with van der Waals surface area (Å²) in [6.45, 7) is 4.93. The van der Waals surface area contributed by atoms with Crippen LogP contribution in [0, 0.1) is 6.92 Å². The van der Waals surface area contributed by atoms with E-state index in [1.807, 2.05) is 18.2 Å². The van der Waals surface area contributed by atoms with Crippen LogP contribution in [-0.2, 0) is 4.74 Å². The number of aromatic nitrogens is 1. The topological polar surface area (TPSA) is 34.1 Å². The first kappa shape index (κ1) is 12.8. The van der Waals surface area contributed by atoms with Gasteiger partial charge >= 0.3 is 0 Å². The molecule has 3 heteroatoms. The zero-order valence-corrected chi connectivity index (χ0v) is 11.2. The van der Waals surface area contributed by atoms with E-state index in [4.69, 9.17) is 4.74 Å². The third-order valence-corrected chi connectivity index (χ3v) is 3.12. The van der Waals surface area contributed by atoms with E-state index in [-0.39, 0.29) is 0 Å². The summed E-state index contributed by atoms with van der Waals surface area (Å²) in [5.41, 5.74) is 2.20. The predicted molar refractivity (Wildman–Crippen MR) is 76.1 cm³/mol. The van der Waals surface area contributed by atoms with Crippen molar-refractivity contribution in [2.24, 2.45) is 0 Å². The molecule has 0 spiro atoms. The Kier molecular flexibility index (Phi) is 4.15. The summed E-state index contributed by atoms with van der Waals surface area (Å²) < 4.78 is 5.20. The molecule has 0 aliphatic heterocycles. The Bertz CT molecular complexity index is 525. The molecule has 0 saturated carbocycles. The number of hydrogen-bond donors (Lipinski definition) is 1. The summed E-state index contributed by atoms with van der Waals surface area (Å²) in [4.78, 5) is 4.68. The van der Waals surface area contributed by atoms with Crippen molar-refractivity contribution in [2.75, 3.05) is 19.0 Å². The lowest BCUT2D eigenvalue weighted by atomic mass is 10.1. The third kappa shape index (κ3) is 2.79. The molecule has 0 radical (unpaired) electrons. The van der Waals surface area contributed by atoms with Gasteiger partial charge in [0.1, 0.15) is 5.82 Å². The predicted octanol–water partition coefficient (Wildman–Crippen LogP) is 3.38. The van der Waals surface area contributed by atoms with Crippen molar-refractivity contribution in [1.82, 2.24) is 4.98 Å². The van der Waals surface area contributed by atoms with Gasteiger partial charge in [-0.25, -0.2) is 4.98 Å². The number of para-hydroxylation sites is 1. The maximum Gasteiger partial charge on any atom is 0.129 e. The highest BCUT2D eigenvalue weighted by Gasteiger charge is 2.09. The van der Waals surface area contributed by atoms with Crippen molar-refractivity contribution in [3.8, 4) is 0 Å². The molecule has 1 N–H and O–H groups in total. The van der Waals surface area contributed by atoms with Crippen molar-refractivity contribution < 1.29 is 4.74 Å². The van der Waals surface area contributed by atoms with Gasteiger partial charge in [-0.15, -0.1) is 0 Å². The van der Waals surface area contributed by atoms with Crippen LogP contribution in [0.25, 0.3) is 10.9 Å². The maximum absolute atomic E-state index is 5.20. The molecule has 2 rings (SSSR count). The molecule has 0 saturated heterocycles. The van der Waals surface area contributed by atoms with Crippen LogP contribution >= 0.6 is 0 Å². The molecule has 0 aliphatic carbocycles. The smallest absolute Gasteiger partial charge is 0.129 e. The lowest BCUT2D eigenvalue weighted by molar-refractivity contribution is 0.184. The number of fused-ring (bicyclic) bond motifs is 1. The van der Waals surface area contributed by atoms with Gasteiger partial charge in [0, 0.05) is 12.5 Å². The van der Waals surface area contributed by atoms with Crippen molar-refractivity contribution in [1.29, 1.82) is 0 Å². The van der Waals surface area contributed by atoms with E-state index in [1.54, 1.807) is 7.11 Å². The lowest BCUT2D eigenvalue weighted by Crippen LogP contribution is -2.24. The fraction of sp³-hybridized carbons (Fsp3) is 0.400. The number of rotatable bonds is 5. The van der Waals surface area contributed by atoms with Crippen molar-refractivity contribution >= 4 is 16.7 Å². The molecule has 1 unspecified atom stereocenters. The second-order valence-corrected chi connectivity index (χ2v) is 4.55. The number of anilines is 1. The Morgan fingerprint density at radius 2 is 2.11 bits per heavy atom. The largest absolute Gasteiger partial charge is 0.383 e. The minimum atomic E-state index is 0.308. The number of pyridine rings is 1. The van der Waals surface area contributed by atoms with E-state index < -0.39 is 0 Å². The Morgan fingerprint density at radius 1 is 1.33 bits per heavy atom. The van der Waals surface area contributed by atoms with Crippen molar-refractivity contribution in [3.63, 3.8) is 0 Å². The lowest BCUT2D eigenvalue weighted by Gasteiger charge is -2.18. The molecule has 1 aromatic carbocycles. The molecule has 3 nitrogen and oxygen atoms in total. The average molecular weight is 244 g/mol. The molecular weight excluding hydrogens is 224 g/mol. The quantitative estimate of drug-likeness (QED) is 0.875. The summed E-state index contributed by atoms with van der Waals surface area (Å²) in [6, 6.07) is 10.7. The van der Waals surface area contributed by atoms with Crippen LogP contribution in [0.3, 0.4) is 0 Å². The molecule has 0 bridgehead atoms. The van der Waals surface area contributed by atoms with Gasteiger partial charge in [0.25, 0.3) is 0 Å². The number of ether oxygens (including phenoxy) is 1. The number of nitrogens with zero attached hydrogens (tertiary/aromatic N) is 1. The third-order valence-electron chi connectivity index (χ3n) is 3.12. The van der Waals surface area contributed by atoms with Gasteiger partial charge in [0.05, 0.1) is 18.2 Å². The zero-order valence-electron chi connectivity index (χ0n) is 11.2. The molecular formula is C15H20N2O. The summed E-state index contributed by atoms with van der Waals surface area (Å²) in [5, 5.41) is 4.63. The van der Waals surface area contributed by atoms with Gasteiger partial charge in [-0.3, -0.25) is 0 Å². The summed E-state index contributed by atoms with van der Waals surface area (Å²) in [7, 11) is 1.73. The minimum absolute atomic E-state index is 0.308. The Balaban J connectivity index is 2.29. The molecule has 1 aromatic heterocycles. The fourth-order valence-corrected chi connectivity index (χ4v) is 2.02. The van der Waals surface area contributed by atoms with Crippen molar-refractivity contribution in [3.05, 3.63) is 35.9 Å². The summed E-state index contributed by atoms with van der Waals surface area (Å²) in [5.74, 6) is 0.956. The normalized spacial score (nSPS) is 12.6. The summed E-state index contributed by atoms with van der Waals surface area (Å²) in [6.07, 6.45) is 1.02. The number of benzene rings is 1. The zero-order chi connectivity index (χ0) is 13.0. The molecule has 0 aliphatic rings. The van der Waals surface area contributed by atoms with E-state index in [0.29, 0.717) is 12.6 Å². The second-order valence-electron chi connectivity index (χ2n) is 4.55. The van der Waals surface area contributed by atoms with Crippen LogP contribution in [0.5, 0.6) is 0 Å². The highest BCUT2D eigenvalue weighted by molar-refractivity contribution is 5.81. The van der Waals surface area contributed by atoms with Crippen LogP contribution in [0.15, 0.2) is 30.3 Å². The monoisotopic (exact) mass is 244 g/mol. The van der Waals surface area contributed by atoms with Gasteiger partial charge in [0.15, 0.2) is 0 Å². The van der Waals surface area contributed by atoms with E-state index >= 15 is 0 Å². The first-order valence-electron chi connectivity index (χ1n) is 6.36. The first-order valence-corrected chi connectivity index (χ1v) is 6.36. The maximum atomic E-state index is 5.20. The van der Waals surface area contributed by atoms with E-state index in [1.165, 1.54) is 10.9 Å². The summed E-state index contributed by atoms with van der Waals surface area (Å²) >= 11 is 0. The highest BCUT2D eigenvalue weighted by Crippen LogP contribution is 2.20. The minimum Gasteiger partial charge on any atom is -0.383 e. The van der Waals surface area contributed by atoms with Gasteiger partial charge in [-0.05, 0) is 31.0 Å². The fourth-order valence-electron chi connectivity index (χ4n) is 2.02.